The van der Waals surface area contributed by atoms with Gasteiger partial charge in [-0.05, 0) is 12.8 Å². The fraction of sp³-hybridized carbons (Fsp3) is 0.769. The minimum Gasteiger partial charge on any atom is -0.488 e. The Hall–Kier alpha value is -1.84. The summed E-state index contributed by atoms with van der Waals surface area (Å²) >= 11 is 0.976. The average Bonchev–Trinajstić information content (AvgIpc) is 3.24. The SMILES string of the molecule is CCCCCCCCCCOc1c(C(=O)NN)sc(C(=O)NN)c1OCCCCCCCCCC. The summed E-state index contributed by atoms with van der Waals surface area (Å²) in [6.45, 7) is 5.32. The van der Waals surface area contributed by atoms with Crippen LogP contribution in [-0.2, 0) is 0 Å². The van der Waals surface area contributed by atoms with Gasteiger partial charge >= 0.3 is 0 Å². The first kappa shape index (κ1) is 31.2. The van der Waals surface area contributed by atoms with Gasteiger partial charge in [-0.1, -0.05) is 104 Å². The van der Waals surface area contributed by atoms with Crippen LogP contribution in [0.4, 0.5) is 0 Å². The first-order valence-corrected chi connectivity index (χ1v) is 14.4. The number of rotatable bonds is 22. The molecule has 6 N–H and O–H groups in total. The van der Waals surface area contributed by atoms with Crippen LogP contribution in [0.25, 0.3) is 0 Å². The smallest absolute Gasteiger partial charge is 0.279 e. The summed E-state index contributed by atoms with van der Waals surface area (Å²) < 4.78 is 12.0. The van der Waals surface area contributed by atoms with Crippen molar-refractivity contribution in [3.8, 4) is 11.5 Å². The molecule has 0 fully saturated rings. The molecule has 202 valence electrons. The lowest BCUT2D eigenvalue weighted by molar-refractivity contribution is 0.0943. The van der Waals surface area contributed by atoms with Gasteiger partial charge in [-0.25, -0.2) is 11.7 Å². The van der Waals surface area contributed by atoms with E-state index >= 15 is 0 Å². The molecule has 35 heavy (non-hydrogen) atoms. The summed E-state index contributed by atoms with van der Waals surface area (Å²) in [5, 5.41) is 0. The number of hydrogen-bond donors (Lipinski definition) is 4. The maximum absolute atomic E-state index is 12.4. The van der Waals surface area contributed by atoms with E-state index in [2.05, 4.69) is 24.7 Å². The summed E-state index contributed by atoms with van der Waals surface area (Å²) in [7, 11) is 0. The van der Waals surface area contributed by atoms with Gasteiger partial charge in [0.2, 0.25) is 0 Å². The van der Waals surface area contributed by atoms with Crippen LogP contribution in [0.5, 0.6) is 11.5 Å². The number of hydrogen-bond acceptors (Lipinski definition) is 7. The highest BCUT2D eigenvalue weighted by Gasteiger charge is 2.29. The second-order valence-corrected chi connectivity index (χ2v) is 10.0. The summed E-state index contributed by atoms with van der Waals surface area (Å²) in [5.74, 6) is 10.3. The number of hydrazine groups is 2. The van der Waals surface area contributed by atoms with Crippen LogP contribution in [0.15, 0.2) is 0 Å². The van der Waals surface area contributed by atoms with E-state index in [1.165, 1.54) is 64.2 Å². The average molecular weight is 513 g/mol. The Morgan fingerprint density at radius 1 is 0.600 bits per heavy atom. The van der Waals surface area contributed by atoms with Crippen molar-refractivity contribution >= 4 is 23.2 Å². The van der Waals surface area contributed by atoms with Crippen molar-refractivity contribution in [1.82, 2.24) is 10.9 Å². The van der Waals surface area contributed by atoms with Crippen molar-refractivity contribution in [3.05, 3.63) is 9.75 Å². The highest BCUT2D eigenvalue weighted by atomic mass is 32.1. The van der Waals surface area contributed by atoms with Gasteiger partial charge in [0.15, 0.2) is 11.5 Å². The number of carbonyl (C=O) groups excluding carboxylic acids is 2. The summed E-state index contributed by atoms with van der Waals surface area (Å²) in [6.07, 6.45) is 18.9. The summed E-state index contributed by atoms with van der Waals surface area (Å²) in [4.78, 5) is 25.2. The number of ether oxygens (including phenoxy) is 2. The molecular weight excluding hydrogens is 464 g/mol. The number of nitrogen functional groups attached to an aromatic ring is 2. The number of amides is 2. The zero-order valence-corrected chi connectivity index (χ0v) is 22.7. The van der Waals surface area contributed by atoms with Gasteiger partial charge in [-0.15, -0.1) is 11.3 Å². The first-order valence-electron chi connectivity index (χ1n) is 13.5. The minimum atomic E-state index is -0.520. The van der Waals surface area contributed by atoms with Crippen molar-refractivity contribution in [3.63, 3.8) is 0 Å². The lowest BCUT2D eigenvalue weighted by Crippen LogP contribution is -2.30. The van der Waals surface area contributed by atoms with Gasteiger partial charge in [0.25, 0.3) is 11.8 Å². The molecule has 0 aliphatic heterocycles. The van der Waals surface area contributed by atoms with E-state index in [9.17, 15) is 9.59 Å². The van der Waals surface area contributed by atoms with Gasteiger partial charge in [0.05, 0.1) is 13.2 Å². The van der Waals surface area contributed by atoms with Gasteiger partial charge in [-0.2, -0.15) is 0 Å². The summed E-state index contributed by atoms with van der Waals surface area (Å²) in [6, 6.07) is 0. The van der Waals surface area contributed by atoms with E-state index in [4.69, 9.17) is 21.2 Å². The number of carbonyl (C=O) groups is 2. The molecule has 1 aromatic heterocycles. The Kier molecular flexibility index (Phi) is 18.1. The first-order chi connectivity index (χ1) is 17.1. The quantitative estimate of drug-likeness (QED) is 0.0653. The van der Waals surface area contributed by atoms with E-state index in [-0.39, 0.29) is 21.3 Å². The minimum absolute atomic E-state index is 0.219. The van der Waals surface area contributed by atoms with Gasteiger partial charge in [-0.3, -0.25) is 20.4 Å². The molecule has 9 heteroatoms. The van der Waals surface area contributed by atoms with Crippen LogP contribution in [-0.4, -0.2) is 25.0 Å². The topological polar surface area (TPSA) is 129 Å². The molecule has 1 rings (SSSR count). The Morgan fingerprint density at radius 3 is 1.23 bits per heavy atom. The van der Waals surface area contributed by atoms with Crippen molar-refractivity contribution in [2.45, 2.75) is 117 Å². The van der Waals surface area contributed by atoms with E-state index in [1.54, 1.807) is 0 Å². The van der Waals surface area contributed by atoms with E-state index < -0.39 is 11.8 Å². The van der Waals surface area contributed by atoms with Crippen LogP contribution in [0, 0.1) is 0 Å². The van der Waals surface area contributed by atoms with E-state index in [1.807, 2.05) is 0 Å². The highest BCUT2D eigenvalue weighted by molar-refractivity contribution is 7.16. The molecule has 0 aliphatic rings. The van der Waals surface area contributed by atoms with E-state index in [0.29, 0.717) is 13.2 Å². The van der Waals surface area contributed by atoms with Crippen LogP contribution in [0.3, 0.4) is 0 Å². The Bertz CT molecular complexity index is 655. The fourth-order valence-electron chi connectivity index (χ4n) is 3.91. The van der Waals surface area contributed by atoms with Gasteiger partial charge in [0.1, 0.15) is 9.75 Å². The van der Waals surface area contributed by atoms with Gasteiger partial charge < -0.3 is 9.47 Å². The molecule has 1 aromatic rings. The fourth-order valence-corrected chi connectivity index (χ4v) is 4.91. The largest absolute Gasteiger partial charge is 0.488 e. The number of nitrogens with two attached hydrogens (primary N) is 2. The Balaban J connectivity index is 2.66. The molecule has 1 heterocycles. The highest BCUT2D eigenvalue weighted by Crippen LogP contribution is 2.42. The van der Waals surface area contributed by atoms with E-state index in [0.717, 1.165) is 49.9 Å². The van der Waals surface area contributed by atoms with Crippen LogP contribution >= 0.6 is 11.3 Å². The van der Waals surface area contributed by atoms with Crippen molar-refractivity contribution < 1.29 is 19.1 Å². The monoisotopic (exact) mass is 512 g/mol. The standard InChI is InChI=1S/C26H48N4O4S/c1-3-5-7-9-11-13-15-17-19-33-21-22(34-20-18-16-14-12-10-8-6-4-2)24(26(32)30-28)35-23(21)25(31)29-27/h3-20,27-28H2,1-2H3,(H,29,31)(H,30,32). The maximum Gasteiger partial charge on any atom is 0.279 e. The molecule has 0 saturated heterocycles. The summed E-state index contributed by atoms with van der Waals surface area (Å²) in [5.41, 5.74) is 4.26. The molecule has 0 spiro atoms. The third kappa shape index (κ3) is 12.6. The third-order valence-corrected chi connectivity index (χ3v) is 7.14. The van der Waals surface area contributed by atoms with Crippen molar-refractivity contribution in [2.75, 3.05) is 13.2 Å². The van der Waals surface area contributed by atoms with Gasteiger partial charge in [0, 0.05) is 0 Å². The number of unbranched alkanes of at least 4 members (excludes halogenated alkanes) is 14. The van der Waals surface area contributed by atoms with Crippen LogP contribution in [0.1, 0.15) is 136 Å². The lowest BCUT2D eigenvalue weighted by Gasteiger charge is -2.12. The lowest BCUT2D eigenvalue weighted by atomic mass is 10.1. The molecule has 0 bridgehead atoms. The molecule has 0 saturated carbocycles. The Labute approximate surface area is 215 Å². The molecule has 0 aromatic carbocycles. The number of thiophene rings is 1. The Morgan fingerprint density at radius 2 is 0.914 bits per heavy atom. The molecule has 8 nitrogen and oxygen atoms in total. The zero-order valence-electron chi connectivity index (χ0n) is 21.9. The second-order valence-electron chi connectivity index (χ2n) is 9.01. The molecular formula is C26H48N4O4S. The molecule has 0 aliphatic carbocycles. The van der Waals surface area contributed by atoms with Crippen LogP contribution in [0.2, 0.25) is 0 Å². The molecule has 0 unspecified atom stereocenters. The molecule has 2 amide bonds. The zero-order chi connectivity index (χ0) is 25.7. The van der Waals surface area contributed by atoms with Crippen LogP contribution < -0.4 is 32.0 Å². The predicted octanol–water partition coefficient (Wildman–Crippen LogP) is 5.99. The normalized spacial score (nSPS) is 10.9. The van der Waals surface area contributed by atoms with Crippen molar-refractivity contribution in [1.29, 1.82) is 0 Å². The van der Waals surface area contributed by atoms with Crippen molar-refractivity contribution in [2.24, 2.45) is 11.7 Å². The predicted molar refractivity (Wildman–Crippen MR) is 144 cm³/mol. The molecule has 0 radical (unpaired) electrons. The number of nitrogens with one attached hydrogen (secondary N) is 2. The maximum atomic E-state index is 12.4. The second kappa shape index (κ2) is 20.4. The third-order valence-electron chi connectivity index (χ3n) is 5.99. The molecule has 0 atom stereocenters.